The lowest BCUT2D eigenvalue weighted by Gasteiger charge is -2.26. The normalized spacial score (nSPS) is 18.0. The van der Waals surface area contributed by atoms with Crippen LogP contribution in [0.3, 0.4) is 0 Å². The van der Waals surface area contributed by atoms with Gasteiger partial charge in [-0.3, -0.25) is 4.79 Å². The molecule has 1 atom stereocenters. The van der Waals surface area contributed by atoms with Gasteiger partial charge in [0.15, 0.2) is 0 Å². The van der Waals surface area contributed by atoms with Gasteiger partial charge in [0, 0.05) is 24.3 Å². The molecule has 1 aromatic heterocycles. The molecule has 2 N–H and O–H groups in total. The summed E-state index contributed by atoms with van der Waals surface area (Å²) in [5, 5.41) is 10.6. The molecule has 0 bridgehead atoms. The molecular formula is C21H20N4OS. The van der Waals surface area contributed by atoms with Crippen LogP contribution in [0.4, 0.5) is 11.4 Å². The first-order chi connectivity index (χ1) is 13.1. The van der Waals surface area contributed by atoms with Crippen molar-refractivity contribution in [1.82, 2.24) is 9.59 Å². The molecular weight excluding hydrogens is 356 g/mol. The third-order valence-electron chi connectivity index (χ3n) is 4.70. The molecule has 0 saturated carbocycles. The standard InChI is InChI=1S/C21H20N4OS/c1-21(11-10-19-18(13-21)24-25-27-19)20(26)23-17-9-5-6-15(12-17)14-22-16-7-3-2-4-8-16/h2-12,22H,13-14H2,1H3,(H,23,26). The highest BCUT2D eigenvalue weighted by molar-refractivity contribution is 7.06. The van der Waals surface area contributed by atoms with Gasteiger partial charge in [-0.2, -0.15) is 0 Å². The molecule has 4 rings (SSSR count). The Hall–Kier alpha value is -2.99. The number of carbonyl (C=O) groups excluding carboxylic acids is 1. The third-order valence-corrected chi connectivity index (χ3v) is 5.43. The number of carbonyl (C=O) groups is 1. The van der Waals surface area contributed by atoms with Crippen molar-refractivity contribution in [3.63, 3.8) is 0 Å². The summed E-state index contributed by atoms with van der Waals surface area (Å²) in [7, 11) is 0. The summed E-state index contributed by atoms with van der Waals surface area (Å²) in [4.78, 5) is 13.9. The summed E-state index contributed by atoms with van der Waals surface area (Å²) in [6.45, 7) is 2.63. The van der Waals surface area contributed by atoms with Crippen molar-refractivity contribution in [2.75, 3.05) is 10.6 Å². The minimum Gasteiger partial charge on any atom is -0.381 e. The molecule has 0 spiro atoms. The van der Waals surface area contributed by atoms with E-state index in [-0.39, 0.29) is 5.91 Å². The molecule has 136 valence electrons. The van der Waals surface area contributed by atoms with Crippen molar-refractivity contribution in [3.05, 3.63) is 76.8 Å². The van der Waals surface area contributed by atoms with Crippen LogP contribution >= 0.6 is 11.5 Å². The molecule has 0 fully saturated rings. The number of para-hydroxylation sites is 1. The zero-order chi connectivity index (χ0) is 18.7. The highest BCUT2D eigenvalue weighted by Gasteiger charge is 2.35. The molecule has 0 aliphatic heterocycles. The molecule has 1 unspecified atom stereocenters. The largest absolute Gasteiger partial charge is 0.381 e. The Balaban J connectivity index is 1.43. The van der Waals surface area contributed by atoms with Crippen molar-refractivity contribution < 1.29 is 4.79 Å². The van der Waals surface area contributed by atoms with E-state index in [1.165, 1.54) is 11.5 Å². The van der Waals surface area contributed by atoms with E-state index in [1.807, 2.05) is 73.7 Å². The maximum Gasteiger partial charge on any atom is 0.234 e. The van der Waals surface area contributed by atoms with Crippen molar-refractivity contribution in [2.45, 2.75) is 19.9 Å². The lowest BCUT2D eigenvalue weighted by Crippen LogP contribution is -2.35. The summed E-state index contributed by atoms with van der Waals surface area (Å²) in [5.74, 6) is -0.0365. The van der Waals surface area contributed by atoms with Crippen molar-refractivity contribution in [3.8, 4) is 0 Å². The van der Waals surface area contributed by atoms with E-state index in [9.17, 15) is 4.79 Å². The summed E-state index contributed by atoms with van der Waals surface area (Å²) in [6.07, 6.45) is 4.46. The van der Waals surface area contributed by atoms with Crippen molar-refractivity contribution in [1.29, 1.82) is 0 Å². The third kappa shape index (κ3) is 3.90. The van der Waals surface area contributed by atoms with Gasteiger partial charge in [-0.1, -0.05) is 40.9 Å². The van der Waals surface area contributed by atoms with Crippen LogP contribution in [0.1, 0.15) is 23.1 Å². The second-order valence-electron chi connectivity index (χ2n) is 6.89. The lowest BCUT2D eigenvalue weighted by molar-refractivity contribution is -0.122. The van der Waals surface area contributed by atoms with Gasteiger partial charge in [-0.15, -0.1) is 5.10 Å². The van der Waals surface area contributed by atoms with Crippen LogP contribution in [-0.2, 0) is 17.8 Å². The second-order valence-corrected chi connectivity index (χ2v) is 7.67. The SMILES string of the molecule is CC1(C(=O)Nc2cccc(CNc3ccccc3)c2)C=Cc2snnc2C1. The number of rotatable bonds is 5. The number of aromatic nitrogens is 2. The molecule has 1 heterocycles. The van der Waals surface area contributed by atoms with Gasteiger partial charge < -0.3 is 10.6 Å². The fraction of sp³-hybridized carbons (Fsp3) is 0.190. The number of anilines is 2. The van der Waals surface area contributed by atoms with Crippen LogP contribution < -0.4 is 10.6 Å². The van der Waals surface area contributed by atoms with Gasteiger partial charge in [0.1, 0.15) is 0 Å². The summed E-state index contributed by atoms with van der Waals surface area (Å²) >= 11 is 1.36. The van der Waals surface area contributed by atoms with Crippen LogP contribution in [0, 0.1) is 5.41 Å². The monoisotopic (exact) mass is 376 g/mol. The Morgan fingerprint density at radius 1 is 1.15 bits per heavy atom. The number of benzene rings is 2. The number of fused-ring (bicyclic) bond motifs is 1. The zero-order valence-electron chi connectivity index (χ0n) is 15.0. The molecule has 0 radical (unpaired) electrons. The van der Waals surface area contributed by atoms with Crippen LogP contribution in [0.2, 0.25) is 0 Å². The fourth-order valence-corrected chi connectivity index (χ4v) is 3.65. The Morgan fingerprint density at radius 3 is 2.81 bits per heavy atom. The first-order valence-corrected chi connectivity index (χ1v) is 9.59. The predicted octanol–water partition coefficient (Wildman–Crippen LogP) is 4.36. The first-order valence-electron chi connectivity index (χ1n) is 8.82. The lowest BCUT2D eigenvalue weighted by atomic mass is 9.81. The molecule has 2 aromatic carbocycles. The van der Waals surface area contributed by atoms with Gasteiger partial charge in [0.2, 0.25) is 5.91 Å². The molecule has 1 amide bonds. The Bertz CT molecular complexity index is 983. The quantitative estimate of drug-likeness (QED) is 0.694. The van der Waals surface area contributed by atoms with E-state index in [0.717, 1.165) is 27.5 Å². The van der Waals surface area contributed by atoms with E-state index < -0.39 is 5.41 Å². The van der Waals surface area contributed by atoms with Gasteiger partial charge >= 0.3 is 0 Å². The van der Waals surface area contributed by atoms with Crippen LogP contribution in [0.5, 0.6) is 0 Å². The van der Waals surface area contributed by atoms with Gasteiger partial charge in [0.05, 0.1) is 16.0 Å². The Kier molecular flexibility index (Phi) is 4.73. The number of nitrogens with one attached hydrogen (secondary N) is 2. The highest BCUT2D eigenvalue weighted by Crippen LogP contribution is 2.33. The van der Waals surface area contributed by atoms with Crippen molar-refractivity contribution in [2.24, 2.45) is 5.41 Å². The van der Waals surface area contributed by atoms with Crippen LogP contribution in [0.25, 0.3) is 6.08 Å². The fourth-order valence-electron chi connectivity index (χ4n) is 3.08. The molecule has 6 heteroatoms. The van der Waals surface area contributed by atoms with Gasteiger partial charge in [0.25, 0.3) is 0 Å². The average Bonchev–Trinajstić information content (AvgIpc) is 3.15. The number of hydrogen-bond acceptors (Lipinski definition) is 5. The van der Waals surface area contributed by atoms with E-state index in [2.05, 4.69) is 20.2 Å². The first kappa shape index (κ1) is 17.4. The molecule has 1 aliphatic rings. The van der Waals surface area contributed by atoms with Crippen LogP contribution in [-0.4, -0.2) is 15.5 Å². The molecule has 3 aromatic rings. The van der Waals surface area contributed by atoms with Gasteiger partial charge in [-0.05, 0) is 54.4 Å². The van der Waals surface area contributed by atoms with E-state index in [4.69, 9.17) is 0 Å². The smallest absolute Gasteiger partial charge is 0.234 e. The summed E-state index contributed by atoms with van der Waals surface area (Å²) in [5.41, 5.74) is 3.23. The molecule has 27 heavy (non-hydrogen) atoms. The van der Waals surface area contributed by atoms with Crippen LogP contribution in [0.15, 0.2) is 60.7 Å². The minimum atomic E-state index is -0.624. The summed E-state index contributed by atoms with van der Waals surface area (Å²) < 4.78 is 3.97. The van der Waals surface area contributed by atoms with E-state index in [1.54, 1.807) is 0 Å². The minimum absolute atomic E-state index is 0.0365. The van der Waals surface area contributed by atoms with E-state index >= 15 is 0 Å². The molecule has 0 saturated heterocycles. The number of hydrogen-bond donors (Lipinski definition) is 2. The Morgan fingerprint density at radius 2 is 1.96 bits per heavy atom. The topological polar surface area (TPSA) is 66.9 Å². The molecule has 5 nitrogen and oxygen atoms in total. The maximum atomic E-state index is 12.9. The maximum absolute atomic E-state index is 12.9. The second kappa shape index (κ2) is 7.32. The highest BCUT2D eigenvalue weighted by atomic mass is 32.1. The Labute approximate surface area is 162 Å². The number of amides is 1. The van der Waals surface area contributed by atoms with Gasteiger partial charge in [-0.25, -0.2) is 0 Å². The number of nitrogens with zero attached hydrogens (tertiary/aromatic N) is 2. The van der Waals surface area contributed by atoms with Crippen molar-refractivity contribution >= 4 is 34.9 Å². The average molecular weight is 376 g/mol. The van der Waals surface area contributed by atoms with E-state index in [0.29, 0.717) is 13.0 Å². The summed E-state index contributed by atoms with van der Waals surface area (Å²) in [6, 6.07) is 18.0. The molecule has 1 aliphatic carbocycles. The predicted molar refractivity (Wildman–Crippen MR) is 110 cm³/mol. The zero-order valence-corrected chi connectivity index (χ0v) is 15.8.